The summed E-state index contributed by atoms with van der Waals surface area (Å²) in [4.78, 5) is 19.5. The van der Waals surface area contributed by atoms with Crippen LogP contribution in [0, 0.1) is 6.92 Å². The van der Waals surface area contributed by atoms with Gasteiger partial charge in [0.05, 0.1) is 13.2 Å². The molecule has 6 heteroatoms. The number of hydrogen-bond acceptors (Lipinski definition) is 6. The Morgan fingerprint density at radius 1 is 1.60 bits per heavy atom. The van der Waals surface area contributed by atoms with Gasteiger partial charge in [-0.2, -0.15) is 0 Å². The van der Waals surface area contributed by atoms with Crippen LogP contribution in [0.3, 0.4) is 0 Å². The Morgan fingerprint density at radius 2 is 2.35 bits per heavy atom. The summed E-state index contributed by atoms with van der Waals surface area (Å²) in [7, 11) is 0. The van der Waals surface area contributed by atoms with Crippen molar-refractivity contribution in [1.29, 1.82) is 0 Å². The number of hydrogen-bond donors (Lipinski definition) is 0. The molecule has 1 unspecified atom stereocenters. The molecule has 1 fully saturated rings. The number of carbonyl (C=O) groups excluding carboxylic acids is 1. The van der Waals surface area contributed by atoms with Gasteiger partial charge < -0.3 is 9.47 Å². The fourth-order valence-electron chi connectivity index (χ4n) is 2.23. The zero-order valence-corrected chi connectivity index (χ0v) is 13.3. The Hall–Kier alpha value is -0.980. The van der Waals surface area contributed by atoms with Gasteiger partial charge in [0.15, 0.2) is 5.69 Å². The van der Waals surface area contributed by atoms with Gasteiger partial charge in [-0.15, -0.1) is 11.3 Å². The van der Waals surface area contributed by atoms with E-state index in [2.05, 4.69) is 23.7 Å². The molecule has 0 radical (unpaired) electrons. The van der Waals surface area contributed by atoms with Gasteiger partial charge in [-0.25, -0.2) is 9.78 Å². The number of morpholine rings is 1. The number of nitrogens with zero attached hydrogens (tertiary/aromatic N) is 2. The van der Waals surface area contributed by atoms with Crippen LogP contribution >= 0.6 is 11.3 Å². The maximum atomic E-state index is 11.8. The van der Waals surface area contributed by atoms with Gasteiger partial charge in [-0.3, -0.25) is 4.90 Å². The summed E-state index contributed by atoms with van der Waals surface area (Å²) in [5.41, 5.74) is 0.428. The lowest BCUT2D eigenvalue weighted by Crippen LogP contribution is -2.42. The quantitative estimate of drug-likeness (QED) is 0.799. The number of ether oxygens (including phenoxy) is 2. The van der Waals surface area contributed by atoms with E-state index in [0.29, 0.717) is 24.9 Å². The number of rotatable bonds is 4. The van der Waals surface area contributed by atoms with E-state index in [0.717, 1.165) is 23.0 Å². The largest absolute Gasteiger partial charge is 0.461 e. The highest BCUT2D eigenvalue weighted by atomic mass is 32.1. The first kappa shape index (κ1) is 15.4. The molecule has 1 saturated heterocycles. The number of esters is 1. The second kappa shape index (κ2) is 6.65. The van der Waals surface area contributed by atoms with Crippen molar-refractivity contribution >= 4 is 17.3 Å². The molecule has 0 amide bonds. The highest BCUT2D eigenvalue weighted by molar-refractivity contribution is 7.11. The van der Waals surface area contributed by atoms with Gasteiger partial charge in [0.2, 0.25) is 0 Å². The molecule has 2 rings (SSSR count). The van der Waals surface area contributed by atoms with Gasteiger partial charge in [0.25, 0.3) is 0 Å². The fourth-order valence-corrected chi connectivity index (χ4v) is 3.18. The fraction of sp³-hybridized carbons (Fsp3) is 0.714. The van der Waals surface area contributed by atoms with Crippen LogP contribution in [0.5, 0.6) is 0 Å². The molecule has 1 aromatic heterocycles. The van der Waals surface area contributed by atoms with E-state index in [-0.39, 0.29) is 12.1 Å². The second-order valence-electron chi connectivity index (χ2n) is 5.13. The van der Waals surface area contributed by atoms with Gasteiger partial charge in [0, 0.05) is 24.0 Å². The Labute approximate surface area is 123 Å². The SMILES string of the molecule is CCOC(=O)c1nc(C2CN(C(C)C)CCO2)sc1C. The van der Waals surface area contributed by atoms with Crippen LogP contribution in [0.2, 0.25) is 0 Å². The minimum absolute atomic E-state index is 0.0435. The van der Waals surface area contributed by atoms with E-state index < -0.39 is 0 Å². The monoisotopic (exact) mass is 298 g/mol. The maximum Gasteiger partial charge on any atom is 0.358 e. The molecule has 1 aliphatic heterocycles. The zero-order chi connectivity index (χ0) is 14.7. The lowest BCUT2D eigenvalue weighted by atomic mass is 10.2. The molecule has 0 aliphatic carbocycles. The number of thiazole rings is 1. The smallest absolute Gasteiger partial charge is 0.358 e. The topological polar surface area (TPSA) is 51.7 Å². The van der Waals surface area contributed by atoms with Crippen molar-refractivity contribution in [3.8, 4) is 0 Å². The summed E-state index contributed by atoms with van der Waals surface area (Å²) >= 11 is 1.53. The predicted molar refractivity (Wildman–Crippen MR) is 78.2 cm³/mol. The molecule has 5 nitrogen and oxygen atoms in total. The summed E-state index contributed by atoms with van der Waals surface area (Å²) in [6.07, 6.45) is -0.0435. The normalized spacial score (nSPS) is 20.4. The molecule has 1 aliphatic rings. The summed E-state index contributed by atoms with van der Waals surface area (Å²) in [5, 5.41) is 0.871. The number of carbonyl (C=O) groups is 1. The molecule has 0 bridgehead atoms. The van der Waals surface area contributed by atoms with Crippen molar-refractivity contribution in [3.63, 3.8) is 0 Å². The molecule has 0 spiro atoms. The summed E-state index contributed by atoms with van der Waals surface area (Å²) in [6.45, 7) is 10.9. The van der Waals surface area contributed by atoms with Gasteiger partial charge in [0.1, 0.15) is 11.1 Å². The van der Waals surface area contributed by atoms with Crippen LogP contribution in [0.4, 0.5) is 0 Å². The van der Waals surface area contributed by atoms with E-state index in [4.69, 9.17) is 9.47 Å². The van der Waals surface area contributed by atoms with Crippen molar-refractivity contribution in [3.05, 3.63) is 15.6 Å². The van der Waals surface area contributed by atoms with E-state index >= 15 is 0 Å². The van der Waals surface area contributed by atoms with E-state index in [1.807, 2.05) is 6.92 Å². The maximum absolute atomic E-state index is 11.8. The minimum atomic E-state index is -0.343. The standard InChI is InChI=1S/C14H22N2O3S/c1-5-18-14(17)12-10(4)20-13(15-12)11-8-16(9(2)3)6-7-19-11/h9,11H,5-8H2,1-4H3. The number of aryl methyl sites for hydroxylation is 1. The van der Waals surface area contributed by atoms with Crippen LogP contribution in [0.15, 0.2) is 0 Å². The first-order chi connectivity index (χ1) is 9.52. The Balaban J connectivity index is 2.13. The van der Waals surface area contributed by atoms with Crippen LogP contribution in [-0.2, 0) is 9.47 Å². The average Bonchev–Trinajstić information content (AvgIpc) is 2.81. The van der Waals surface area contributed by atoms with Crippen molar-refractivity contribution in [2.45, 2.75) is 39.8 Å². The highest BCUT2D eigenvalue weighted by Gasteiger charge is 2.28. The Bertz CT molecular complexity index is 473. The van der Waals surface area contributed by atoms with E-state index in [1.54, 1.807) is 6.92 Å². The van der Waals surface area contributed by atoms with Crippen LogP contribution in [0.25, 0.3) is 0 Å². The molecule has 112 valence electrons. The third kappa shape index (κ3) is 3.37. The molecule has 0 aromatic carbocycles. The summed E-state index contributed by atoms with van der Waals surface area (Å²) in [5.74, 6) is -0.343. The van der Waals surface area contributed by atoms with Crippen molar-refractivity contribution in [1.82, 2.24) is 9.88 Å². The highest BCUT2D eigenvalue weighted by Crippen LogP contribution is 2.29. The Kier molecular flexibility index (Phi) is 5.12. The van der Waals surface area contributed by atoms with Crippen molar-refractivity contribution < 1.29 is 14.3 Å². The minimum Gasteiger partial charge on any atom is -0.461 e. The second-order valence-corrected chi connectivity index (χ2v) is 6.36. The van der Waals surface area contributed by atoms with E-state index in [1.165, 1.54) is 11.3 Å². The first-order valence-corrected chi connectivity index (χ1v) is 7.84. The summed E-state index contributed by atoms with van der Waals surface area (Å²) < 4.78 is 10.8. The van der Waals surface area contributed by atoms with Crippen molar-refractivity contribution in [2.24, 2.45) is 0 Å². The molecule has 1 atom stereocenters. The lowest BCUT2D eigenvalue weighted by molar-refractivity contribution is -0.0403. The first-order valence-electron chi connectivity index (χ1n) is 7.03. The molecular formula is C14H22N2O3S. The number of aromatic nitrogens is 1. The third-order valence-electron chi connectivity index (χ3n) is 3.39. The van der Waals surface area contributed by atoms with Gasteiger partial charge >= 0.3 is 5.97 Å². The Morgan fingerprint density at radius 3 is 3.00 bits per heavy atom. The van der Waals surface area contributed by atoms with Crippen LogP contribution in [0.1, 0.15) is 47.2 Å². The lowest BCUT2D eigenvalue weighted by Gasteiger charge is -2.34. The zero-order valence-electron chi connectivity index (χ0n) is 12.5. The molecule has 2 heterocycles. The average molecular weight is 298 g/mol. The van der Waals surface area contributed by atoms with Gasteiger partial charge in [-0.05, 0) is 27.7 Å². The van der Waals surface area contributed by atoms with Crippen molar-refractivity contribution in [2.75, 3.05) is 26.3 Å². The van der Waals surface area contributed by atoms with E-state index in [9.17, 15) is 4.79 Å². The summed E-state index contributed by atoms with van der Waals surface area (Å²) in [6, 6.07) is 0.493. The molecule has 0 N–H and O–H groups in total. The molecule has 1 aromatic rings. The van der Waals surface area contributed by atoms with Crippen LogP contribution < -0.4 is 0 Å². The molecule has 20 heavy (non-hydrogen) atoms. The van der Waals surface area contributed by atoms with Gasteiger partial charge in [-0.1, -0.05) is 0 Å². The predicted octanol–water partition coefficient (Wildman–Crippen LogP) is 2.41. The molecular weight excluding hydrogens is 276 g/mol. The van der Waals surface area contributed by atoms with Crippen LogP contribution in [-0.4, -0.2) is 48.2 Å². The molecule has 0 saturated carbocycles. The third-order valence-corrected chi connectivity index (χ3v) is 4.45.